The third-order valence-corrected chi connectivity index (χ3v) is 0.809. The maximum atomic E-state index is 3.88. The van der Waals surface area contributed by atoms with E-state index in [1.165, 1.54) is 5.56 Å². The van der Waals surface area contributed by atoms with Gasteiger partial charge in [-0.05, 0) is 18.6 Å². The maximum absolute atomic E-state index is 3.88. The largest absolute Gasteiger partial charge is 0.264 e. The number of nitrogens with zero attached hydrogens (tertiary/aromatic N) is 1. The molecule has 0 amide bonds. The molecule has 0 aliphatic rings. The van der Waals surface area contributed by atoms with E-state index in [4.69, 9.17) is 0 Å². The lowest BCUT2D eigenvalue weighted by atomic mass is 10.3. The number of pyridine rings is 1. The molecule has 0 aliphatic carbocycles. The first-order valence-corrected chi connectivity index (χ1v) is 2.26. The Morgan fingerprint density at radius 1 is 1.71 bits per heavy atom. The van der Waals surface area contributed by atoms with Gasteiger partial charge in [-0.25, -0.2) is 0 Å². The summed E-state index contributed by atoms with van der Waals surface area (Å²) in [6.45, 7) is 2.02. The van der Waals surface area contributed by atoms with Crippen LogP contribution in [-0.2, 0) is 0 Å². The quantitative estimate of drug-likeness (QED) is 0.477. The Labute approximate surface area is 44.5 Å². The van der Waals surface area contributed by atoms with E-state index in [1.54, 1.807) is 6.20 Å². The number of hydrogen-bond donors (Lipinski definition) is 0. The van der Waals surface area contributed by atoms with Gasteiger partial charge in [0.2, 0.25) is 0 Å². The monoisotopic (exact) mass is 95.1 g/mol. The van der Waals surface area contributed by atoms with Crippen LogP contribution in [0.2, 0.25) is 0 Å². The zero-order valence-electron chi connectivity index (χ0n) is 4.26. The van der Waals surface area contributed by atoms with Crippen LogP contribution in [0.25, 0.3) is 0 Å². The van der Waals surface area contributed by atoms with Gasteiger partial charge in [0.1, 0.15) is 0 Å². The predicted molar refractivity (Wildman–Crippen MR) is 31.1 cm³/mol. The summed E-state index contributed by atoms with van der Waals surface area (Å²) in [4.78, 5) is 3.88. The summed E-state index contributed by atoms with van der Waals surface area (Å²) < 4.78 is 0. The van der Waals surface area contributed by atoms with Crippen LogP contribution >= 0.6 is 0 Å². The first-order chi connectivity index (χ1) is 3.39. The van der Waals surface area contributed by atoms with Gasteiger partial charge in [0, 0.05) is 13.8 Å². The third-order valence-electron chi connectivity index (χ3n) is 0.809. The van der Waals surface area contributed by atoms with Crippen LogP contribution in [0.5, 0.6) is 0 Å². The molecule has 0 saturated carbocycles. The molecule has 1 aromatic rings. The number of rotatable bonds is 0. The molecule has 1 rings (SSSR count). The van der Waals surface area contributed by atoms with Crippen molar-refractivity contribution >= 4 is 0 Å². The van der Waals surface area contributed by atoms with Gasteiger partial charge in [-0.3, -0.25) is 4.98 Å². The average molecular weight is 95.1 g/mol. The molecule has 0 fully saturated rings. The molecule has 1 heteroatoms. The van der Waals surface area contributed by atoms with Gasteiger partial charge in [-0.15, -0.1) is 0 Å². The van der Waals surface area contributed by atoms with Crippen molar-refractivity contribution in [3.63, 3.8) is 0 Å². The van der Waals surface area contributed by atoms with Gasteiger partial charge in [0.15, 0.2) is 0 Å². The Hall–Kier alpha value is -0.850. The van der Waals surface area contributed by atoms with Crippen LogP contribution in [0.3, 0.4) is 0 Å². The Morgan fingerprint density at radius 2 is 2.57 bits per heavy atom. The van der Waals surface area contributed by atoms with E-state index >= 15 is 0 Å². The van der Waals surface area contributed by atoms with Gasteiger partial charge in [0.25, 0.3) is 0 Å². The van der Waals surface area contributed by atoms with Gasteiger partial charge < -0.3 is 0 Å². The molecular weight excluding hydrogens is 86.1 g/mol. The number of aryl methyl sites for hydroxylation is 1. The van der Waals surface area contributed by atoms with Crippen LogP contribution < -0.4 is 0 Å². The zero-order valence-corrected chi connectivity index (χ0v) is 4.26. The Balaban J connectivity index is 0.000000490. The highest BCUT2D eigenvalue weighted by molar-refractivity contribution is 5.04. The molecular formula is C6H9N. The summed E-state index contributed by atoms with van der Waals surface area (Å²) in [7, 11) is 0. The van der Waals surface area contributed by atoms with Crippen LogP contribution in [0, 0.1) is 6.92 Å². The van der Waals surface area contributed by atoms with Gasteiger partial charge >= 0.3 is 0 Å². The van der Waals surface area contributed by atoms with Crippen molar-refractivity contribution < 1.29 is 1.43 Å². The molecule has 38 valence electrons. The summed E-state index contributed by atoms with van der Waals surface area (Å²) in [6.07, 6.45) is 3.60. The van der Waals surface area contributed by atoms with E-state index in [9.17, 15) is 0 Å². The van der Waals surface area contributed by atoms with E-state index in [2.05, 4.69) is 4.98 Å². The molecule has 1 nitrogen and oxygen atoms in total. The minimum Gasteiger partial charge on any atom is -0.264 e. The van der Waals surface area contributed by atoms with Crippen LogP contribution in [0.4, 0.5) is 0 Å². The Morgan fingerprint density at radius 3 is 2.86 bits per heavy atom. The summed E-state index contributed by atoms with van der Waals surface area (Å²) in [5, 5.41) is 0. The first kappa shape index (κ1) is 4.31. The molecule has 1 aromatic heterocycles. The molecule has 0 aromatic carbocycles. The SMILES string of the molecule is Cc1cccnc1.[HH]. The van der Waals surface area contributed by atoms with Crippen LogP contribution in [0.15, 0.2) is 24.5 Å². The second-order valence-corrected chi connectivity index (χ2v) is 1.53. The average Bonchev–Trinajstić information content (AvgIpc) is 1.69. The predicted octanol–water partition coefficient (Wildman–Crippen LogP) is 1.64. The fourth-order valence-corrected chi connectivity index (χ4v) is 0.448. The molecule has 0 N–H and O–H groups in total. The maximum Gasteiger partial charge on any atom is 0.0297 e. The molecule has 0 saturated heterocycles. The van der Waals surface area contributed by atoms with Crippen molar-refractivity contribution in [2.75, 3.05) is 0 Å². The zero-order chi connectivity index (χ0) is 5.11. The molecule has 0 unspecified atom stereocenters. The smallest absolute Gasteiger partial charge is 0.0297 e. The van der Waals surface area contributed by atoms with Gasteiger partial charge in [-0.2, -0.15) is 0 Å². The van der Waals surface area contributed by atoms with Crippen molar-refractivity contribution in [3.8, 4) is 0 Å². The first-order valence-electron chi connectivity index (χ1n) is 2.26. The Bertz CT molecular complexity index is 138. The van der Waals surface area contributed by atoms with Gasteiger partial charge in [-0.1, -0.05) is 6.07 Å². The normalized spacial score (nSPS) is 8.71. The minimum absolute atomic E-state index is 0. The lowest BCUT2D eigenvalue weighted by Crippen LogP contribution is -1.69. The highest BCUT2D eigenvalue weighted by Gasteiger charge is 1.73. The molecule has 0 atom stereocenters. The summed E-state index contributed by atoms with van der Waals surface area (Å²) >= 11 is 0. The number of aromatic nitrogens is 1. The Kier molecular flexibility index (Phi) is 1.07. The van der Waals surface area contributed by atoms with E-state index in [1.807, 2.05) is 25.3 Å². The topological polar surface area (TPSA) is 12.9 Å². The second-order valence-electron chi connectivity index (χ2n) is 1.53. The lowest BCUT2D eigenvalue weighted by molar-refractivity contribution is 1.27. The lowest BCUT2D eigenvalue weighted by Gasteiger charge is -1.82. The summed E-state index contributed by atoms with van der Waals surface area (Å²) in [6, 6.07) is 3.95. The van der Waals surface area contributed by atoms with Crippen molar-refractivity contribution in [2.45, 2.75) is 6.92 Å². The van der Waals surface area contributed by atoms with Crippen molar-refractivity contribution in [2.24, 2.45) is 0 Å². The van der Waals surface area contributed by atoms with Crippen molar-refractivity contribution in [3.05, 3.63) is 30.1 Å². The molecule has 1 heterocycles. The van der Waals surface area contributed by atoms with E-state index in [0.29, 0.717) is 0 Å². The molecule has 0 aliphatic heterocycles. The highest BCUT2D eigenvalue weighted by Crippen LogP contribution is 1.88. The number of hydrogen-bond acceptors (Lipinski definition) is 1. The van der Waals surface area contributed by atoms with Crippen LogP contribution in [-0.4, -0.2) is 4.98 Å². The van der Waals surface area contributed by atoms with E-state index in [0.717, 1.165) is 0 Å². The minimum atomic E-state index is 0. The van der Waals surface area contributed by atoms with Crippen molar-refractivity contribution in [1.29, 1.82) is 0 Å². The van der Waals surface area contributed by atoms with Gasteiger partial charge in [0.05, 0.1) is 0 Å². The fraction of sp³-hybridized carbons (Fsp3) is 0.167. The van der Waals surface area contributed by atoms with Crippen molar-refractivity contribution in [1.82, 2.24) is 4.98 Å². The highest BCUT2D eigenvalue weighted by atomic mass is 14.6. The van der Waals surface area contributed by atoms with E-state index in [-0.39, 0.29) is 1.43 Å². The van der Waals surface area contributed by atoms with Crippen LogP contribution in [0.1, 0.15) is 6.99 Å². The molecule has 7 heavy (non-hydrogen) atoms. The second kappa shape index (κ2) is 1.73. The fourth-order valence-electron chi connectivity index (χ4n) is 0.448. The molecule has 0 spiro atoms. The molecule has 0 bridgehead atoms. The summed E-state index contributed by atoms with van der Waals surface area (Å²) in [5.41, 5.74) is 1.21. The van der Waals surface area contributed by atoms with E-state index < -0.39 is 0 Å². The third kappa shape index (κ3) is 1.000. The molecule has 0 radical (unpaired) electrons. The summed E-state index contributed by atoms with van der Waals surface area (Å²) in [5.74, 6) is 0. The standard InChI is InChI=1S/C6H7N.H2/c1-6-3-2-4-7-5-6;/h2-5H,1H3;1H.